The van der Waals surface area contributed by atoms with Crippen LogP contribution in [0.1, 0.15) is 5.56 Å². The van der Waals surface area contributed by atoms with E-state index in [1.807, 2.05) is 6.07 Å². The van der Waals surface area contributed by atoms with Gasteiger partial charge in [0.05, 0.1) is 13.2 Å². The molecule has 0 aliphatic heterocycles. The van der Waals surface area contributed by atoms with Crippen molar-refractivity contribution in [2.45, 2.75) is 5.54 Å². The Morgan fingerprint density at radius 2 is 1.48 bits per heavy atom. The Bertz CT molecular complexity index is 567. The lowest BCUT2D eigenvalue weighted by Crippen LogP contribution is -2.52. The molecule has 0 unspecified atom stereocenters. The number of para-hydroxylation sites is 1. The smallest absolute Gasteiger partial charge is 0.410 e. The number of aliphatic hydroxyl groups excluding tert-OH is 2. The van der Waals surface area contributed by atoms with Crippen molar-refractivity contribution in [3.8, 4) is 5.75 Å². The molecule has 0 bridgehead atoms. The molecule has 5 heteroatoms. The van der Waals surface area contributed by atoms with Crippen molar-refractivity contribution >= 4 is 6.09 Å². The van der Waals surface area contributed by atoms with E-state index in [-0.39, 0.29) is 0 Å². The van der Waals surface area contributed by atoms with Crippen molar-refractivity contribution in [1.29, 1.82) is 0 Å². The number of carbonyl (C=O) groups excluding carboxylic acids is 1. The van der Waals surface area contributed by atoms with Crippen LogP contribution in [0, 0.1) is 0 Å². The van der Waals surface area contributed by atoms with E-state index in [0.717, 1.165) is 0 Å². The van der Waals surface area contributed by atoms with Crippen LogP contribution in [-0.4, -0.2) is 29.5 Å². The summed E-state index contributed by atoms with van der Waals surface area (Å²) in [6, 6.07) is 17.3. The number of rotatable bonds is 5. The Labute approximate surface area is 122 Å². The first-order valence-corrected chi connectivity index (χ1v) is 6.52. The van der Waals surface area contributed by atoms with Gasteiger partial charge < -0.3 is 20.3 Å². The van der Waals surface area contributed by atoms with Gasteiger partial charge in [0.25, 0.3) is 0 Å². The maximum Gasteiger partial charge on any atom is 0.413 e. The lowest BCUT2D eigenvalue weighted by Gasteiger charge is -2.30. The topological polar surface area (TPSA) is 78.8 Å². The van der Waals surface area contributed by atoms with E-state index in [9.17, 15) is 15.0 Å². The third kappa shape index (κ3) is 3.59. The number of nitrogens with one attached hydrogen (secondary N) is 1. The number of hydrogen-bond donors (Lipinski definition) is 3. The predicted molar refractivity (Wildman–Crippen MR) is 77.9 cm³/mol. The molecule has 0 saturated heterocycles. The first-order chi connectivity index (χ1) is 10.2. The molecule has 0 fully saturated rings. The average molecular weight is 287 g/mol. The Kier molecular flexibility index (Phi) is 4.92. The first kappa shape index (κ1) is 15.0. The third-order valence-corrected chi connectivity index (χ3v) is 3.16. The normalized spacial score (nSPS) is 11.0. The molecule has 0 heterocycles. The fourth-order valence-corrected chi connectivity index (χ4v) is 1.96. The molecule has 2 aromatic rings. The summed E-state index contributed by atoms with van der Waals surface area (Å²) in [6.07, 6.45) is -0.742. The predicted octanol–water partition coefficient (Wildman–Crippen LogP) is 1.66. The molecule has 0 aromatic heterocycles. The van der Waals surface area contributed by atoms with E-state index in [1.54, 1.807) is 54.6 Å². The highest BCUT2D eigenvalue weighted by Gasteiger charge is 2.33. The molecule has 0 atom stereocenters. The van der Waals surface area contributed by atoms with Crippen LogP contribution in [0.3, 0.4) is 0 Å². The van der Waals surface area contributed by atoms with Gasteiger partial charge in [-0.3, -0.25) is 0 Å². The number of aliphatic hydroxyl groups is 2. The summed E-state index contributed by atoms with van der Waals surface area (Å²) in [5.41, 5.74) is -0.687. The molecular weight excluding hydrogens is 270 g/mol. The summed E-state index contributed by atoms with van der Waals surface area (Å²) < 4.78 is 5.12. The molecule has 0 aliphatic carbocycles. The van der Waals surface area contributed by atoms with Gasteiger partial charge in [0.15, 0.2) is 0 Å². The van der Waals surface area contributed by atoms with Crippen molar-refractivity contribution in [2.75, 3.05) is 13.2 Å². The maximum atomic E-state index is 12.0. The number of benzene rings is 2. The summed E-state index contributed by atoms with van der Waals surface area (Å²) >= 11 is 0. The second-order valence-electron chi connectivity index (χ2n) is 4.59. The highest BCUT2D eigenvalue weighted by Crippen LogP contribution is 2.20. The number of amides is 1. The highest BCUT2D eigenvalue weighted by atomic mass is 16.6. The minimum Gasteiger partial charge on any atom is -0.410 e. The Balaban J connectivity index is 2.15. The molecule has 1 amide bonds. The van der Waals surface area contributed by atoms with Crippen molar-refractivity contribution < 1.29 is 19.7 Å². The minimum atomic E-state index is -1.28. The lowest BCUT2D eigenvalue weighted by atomic mass is 9.92. The molecule has 0 saturated carbocycles. The second kappa shape index (κ2) is 6.88. The van der Waals surface area contributed by atoms with Crippen LogP contribution in [-0.2, 0) is 5.54 Å². The molecule has 110 valence electrons. The lowest BCUT2D eigenvalue weighted by molar-refractivity contribution is 0.0869. The fourth-order valence-electron chi connectivity index (χ4n) is 1.96. The summed E-state index contributed by atoms with van der Waals surface area (Å²) in [5.74, 6) is 0.382. The summed E-state index contributed by atoms with van der Waals surface area (Å²) in [7, 11) is 0. The van der Waals surface area contributed by atoms with Gasteiger partial charge in [-0.2, -0.15) is 0 Å². The van der Waals surface area contributed by atoms with Gasteiger partial charge in [-0.15, -0.1) is 0 Å². The quantitative estimate of drug-likeness (QED) is 0.781. The second-order valence-corrected chi connectivity index (χ2v) is 4.59. The largest absolute Gasteiger partial charge is 0.413 e. The van der Waals surface area contributed by atoms with Gasteiger partial charge in [-0.25, -0.2) is 4.79 Å². The Morgan fingerprint density at radius 1 is 0.952 bits per heavy atom. The van der Waals surface area contributed by atoms with Gasteiger partial charge in [0.2, 0.25) is 0 Å². The molecule has 0 spiro atoms. The van der Waals surface area contributed by atoms with E-state index in [1.165, 1.54) is 0 Å². The van der Waals surface area contributed by atoms with Gasteiger partial charge in [-0.1, -0.05) is 48.5 Å². The summed E-state index contributed by atoms with van der Waals surface area (Å²) in [5, 5.41) is 21.8. The van der Waals surface area contributed by atoms with Crippen LogP contribution in [0.2, 0.25) is 0 Å². The standard InChI is InChI=1S/C16H17NO4/c18-11-16(12-19,13-7-3-1-4-8-13)17-15(20)21-14-9-5-2-6-10-14/h1-10,18-19H,11-12H2,(H,17,20). The highest BCUT2D eigenvalue weighted by molar-refractivity contribution is 5.71. The fraction of sp³-hybridized carbons (Fsp3) is 0.188. The van der Waals surface area contributed by atoms with Gasteiger partial charge >= 0.3 is 6.09 Å². The maximum absolute atomic E-state index is 12.0. The van der Waals surface area contributed by atoms with E-state index >= 15 is 0 Å². The van der Waals surface area contributed by atoms with Crippen molar-refractivity contribution in [2.24, 2.45) is 0 Å². The van der Waals surface area contributed by atoms with E-state index in [2.05, 4.69) is 5.32 Å². The molecule has 2 rings (SSSR count). The van der Waals surface area contributed by atoms with Crippen LogP contribution in [0.25, 0.3) is 0 Å². The van der Waals surface area contributed by atoms with Gasteiger partial charge in [0, 0.05) is 0 Å². The molecule has 0 aliphatic rings. The molecular formula is C16H17NO4. The van der Waals surface area contributed by atoms with E-state index < -0.39 is 24.8 Å². The SMILES string of the molecule is O=C(NC(CO)(CO)c1ccccc1)Oc1ccccc1. The van der Waals surface area contributed by atoms with Crippen molar-refractivity contribution in [3.05, 3.63) is 66.2 Å². The molecule has 21 heavy (non-hydrogen) atoms. The zero-order valence-electron chi connectivity index (χ0n) is 11.4. The van der Waals surface area contributed by atoms with Crippen molar-refractivity contribution in [3.63, 3.8) is 0 Å². The van der Waals surface area contributed by atoms with Crippen LogP contribution >= 0.6 is 0 Å². The number of carbonyl (C=O) groups is 1. The number of ether oxygens (including phenoxy) is 1. The van der Waals surface area contributed by atoms with Crippen LogP contribution in [0.15, 0.2) is 60.7 Å². The monoisotopic (exact) mass is 287 g/mol. The molecule has 3 N–H and O–H groups in total. The van der Waals surface area contributed by atoms with Crippen LogP contribution in [0.4, 0.5) is 4.79 Å². The summed E-state index contributed by atoms with van der Waals surface area (Å²) in [6.45, 7) is -0.894. The molecule has 5 nitrogen and oxygen atoms in total. The number of hydrogen-bond acceptors (Lipinski definition) is 4. The molecule has 0 radical (unpaired) electrons. The summed E-state index contributed by atoms with van der Waals surface area (Å²) in [4.78, 5) is 12.0. The van der Waals surface area contributed by atoms with Gasteiger partial charge in [0.1, 0.15) is 11.3 Å². The zero-order chi connectivity index (χ0) is 15.1. The Hall–Kier alpha value is -2.37. The third-order valence-electron chi connectivity index (χ3n) is 3.16. The first-order valence-electron chi connectivity index (χ1n) is 6.52. The van der Waals surface area contributed by atoms with Crippen LogP contribution in [0.5, 0.6) is 5.75 Å². The Morgan fingerprint density at radius 3 is 2.00 bits per heavy atom. The van der Waals surface area contributed by atoms with Crippen molar-refractivity contribution in [1.82, 2.24) is 5.32 Å². The average Bonchev–Trinajstić information content (AvgIpc) is 2.54. The van der Waals surface area contributed by atoms with E-state index in [4.69, 9.17) is 4.74 Å². The van der Waals surface area contributed by atoms with Gasteiger partial charge in [-0.05, 0) is 17.7 Å². The van der Waals surface area contributed by atoms with E-state index in [0.29, 0.717) is 11.3 Å². The van der Waals surface area contributed by atoms with Crippen LogP contribution < -0.4 is 10.1 Å². The minimum absolute atomic E-state index is 0.382. The zero-order valence-corrected chi connectivity index (χ0v) is 11.4. The molecule has 2 aromatic carbocycles.